The van der Waals surface area contributed by atoms with E-state index < -0.39 is 5.41 Å². The molecular weight excluding hydrogens is 240 g/mol. The van der Waals surface area contributed by atoms with Crippen LogP contribution in [0.15, 0.2) is 18.5 Å². The van der Waals surface area contributed by atoms with E-state index >= 15 is 0 Å². The SMILES string of the molecule is CC1(C(=O)Cc2ccncc2Cl)COCC1N. The highest BCUT2D eigenvalue weighted by atomic mass is 35.5. The van der Waals surface area contributed by atoms with Gasteiger partial charge in [-0.2, -0.15) is 0 Å². The van der Waals surface area contributed by atoms with Gasteiger partial charge in [-0.3, -0.25) is 9.78 Å². The van der Waals surface area contributed by atoms with Gasteiger partial charge in [-0.25, -0.2) is 0 Å². The largest absolute Gasteiger partial charge is 0.379 e. The number of hydrogen-bond donors (Lipinski definition) is 1. The fraction of sp³-hybridized carbons (Fsp3) is 0.500. The number of aromatic nitrogens is 1. The predicted octanol–water partition coefficient (Wildman–Crippen LogP) is 1.21. The number of carbonyl (C=O) groups is 1. The molecule has 0 bridgehead atoms. The second-order valence-corrected chi connectivity index (χ2v) is 5.01. The molecule has 2 N–H and O–H groups in total. The van der Waals surface area contributed by atoms with Crippen LogP contribution in [0.25, 0.3) is 0 Å². The van der Waals surface area contributed by atoms with Crippen LogP contribution in [0.4, 0.5) is 0 Å². The zero-order valence-corrected chi connectivity index (χ0v) is 10.4. The number of Topliss-reactive ketones (excluding diaryl/α,β-unsaturated/α-hetero) is 1. The lowest BCUT2D eigenvalue weighted by Crippen LogP contribution is -2.45. The highest BCUT2D eigenvalue weighted by molar-refractivity contribution is 6.31. The van der Waals surface area contributed by atoms with Crippen LogP contribution in [0, 0.1) is 5.41 Å². The van der Waals surface area contributed by atoms with Gasteiger partial charge in [0.05, 0.1) is 23.7 Å². The first-order valence-corrected chi connectivity index (χ1v) is 5.87. The van der Waals surface area contributed by atoms with Crippen molar-refractivity contribution in [3.63, 3.8) is 0 Å². The van der Waals surface area contributed by atoms with Crippen molar-refractivity contribution in [2.24, 2.45) is 11.1 Å². The van der Waals surface area contributed by atoms with Gasteiger partial charge in [0.15, 0.2) is 0 Å². The van der Waals surface area contributed by atoms with Gasteiger partial charge in [-0.05, 0) is 18.6 Å². The number of halogens is 1. The van der Waals surface area contributed by atoms with Crippen molar-refractivity contribution in [3.8, 4) is 0 Å². The summed E-state index contributed by atoms with van der Waals surface area (Å²) in [4.78, 5) is 16.1. The van der Waals surface area contributed by atoms with Gasteiger partial charge < -0.3 is 10.5 Å². The summed E-state index contributed by atoms with van der Waals surface area (Å²) in [6.45, 7) is 2.67. The molecule has 2 heterocycles. The molecule has 0 amide bonds. The lowest BCUT2D eigenvalue weighted by atomic mass is 9.79. The molecule has 0 spiro atoms. The minimum Gasteiger partial charge on any atom is -0.379 e. The number of pyridine rings is 1. The number of nitrogens with two attached hydrogens (primary N) is 1. The van der Waals surface area contributed by atoms with Crippen LogP contribution < -0.4 is 5.73 Å². The number of ketones is 1. The van der Waals surface area contributed by atoms with E-state index in [-0.39, 0.29) is 18.2 Å². The number of nitrogens with zero attached hydrogens (tertiary/aromatic N) is 1. The molecule has 17 heavy (non-hydrogen) atoms. The highest BCUT2D eigenvalue weighted by Gasteiger charge is 2.43. The van der Waals surface area contributed by atoms with Gasteiger partial charge in [0.1, 0.15) is 5.78 Å². The molecule has 5 heteroatoms. The molecule has 1 saturated heterocycles. The summed E-state index contributed by atoms with van der Waals surface area (Å²) in [5, 5.41) is 0.511. The van der Waals surface area contributed by atoms with Gasteiger partial charge >= 0.3 is 0 Å². The maximum atomic E-state index is 12.3. The Balaban J connectivity index is 2.15. The lowest BCUT2D eigenvalue weighted by molar-refractivity contribution is -0.127. The number of ether oxygens (including phenoxy) is 1. The average Bonchev–Trinajstić information content (AvgIpc) is 2.64. The van der Waals surface area contributed by atoms with Crippen molar-refractivity contribution >= 4 is 17.4 Å². The fourth-order valence-corrected chi connectivity index (χ4v) is 2.08. The second-order valence-electron chi connectivity index (χ2n) is 4.61. The number of hydrogen-bond acceptors (Lipinski definition) is 4. The van der Waals surface area contributed by atoms with E-state index in [0.717, 1.165) is 5.56 Å². The predicted molar refractivity (Wildman–Crippen MR) is 64.9 cm³/mol. The Morgan fingerprint density at radius 3 is 3.12 bits per heavy atom. The molecule has 0 aromatic carbocycles. The molecule has 2 rings (SSSR count). The molecule has 1 aromatic heterocycles. The van der Waals surface area contributed by atoms with Gasteiger partial charge in [-0.1, -0.05) is 11.6 Å². The number of rotatable bonds is 3. The van der Waals surface area contributed by atoms with Crippen LogP contribution in [0.2, 0.25) is 5.02 Å². The average molecular weight is 255 g/mol. The Morgan fingerprint density at radius 2 is 2.53 bits per heavy atom. The van der Waals surface area contributed by atoms with E-state index in [9.17, 15) is 4.79 Å². The van der Waals surface area contributed by atoms with E-state index in [0.29, 0.717) is 18.2 Å². The molecule has 0 saturated carbocycles. The Morgan fingerprint density at radius 1 is 1.76 bits per heavy atom. The molecule has 4 nitrogen and oxygen atoms in total. The van der Waals surface area contributed by atoms with E-state index in [4.69, 9.17) is 22.1 Å². The standard InChI is InChI=1S/C12H15ClN2O2/c1-12(7-17-6-10(12)14)11(16)4-8-2-3-15-5-9(8)13/h2-3,5,10H,4,6-7,14H2,1H3. The molecule has 0 radical (unpaired) electrons. The molecule has 2 unspecified atom stereocenters. The van der Waals surface area contributed by atoms with E-state index in [2.05, 4.69) is 4.98 Å². The van der Waals surface area contributed by atoms with Gasteiger partial charge in [-0.15, -0.1) is 0 Å². The third-order valence-electron chi connectivity index (χ3n) is 3.36. The number of carbonyl (C=O) groups excluding carboxylic acids is 1. The summed E-state index contributed by atoms with van der Waals surface area (Å²) >= 11 is 5.98. The molecule has 2 atom stereocenters. The van der Waals surface area contributed by atoms with Crippen molar-refractivity contribution in [3.05, 3.63) is 29.0 Å². The maximum absolute atomic E-state index is 12.3. The second kappa shape index (κ2) is 4.72. The summed E-state index contributed by atoms with van der Waals surface area (Å²) in [5.41, 5.74) is 6.09. The van der Waals surface area contributed by atoms with Gasteiger partial charge in [0, 0.05) is 24.9 Å². The molecule has 0 aliphatic carbocycles. The van der Waals surface area contributed by atoms with Crippen molar-refractivity contribution in [1.29, 1.82) is 0 Å². The highest BCUT2D eigenvalue weighted by Crippen LogP contribution is 2.30. The Bertz CT molecular complexity index is 438. The summed E-state index contributed by atoms with van der Waals surface area (Å²) in [6.07, 6.45) is 3.44. The van der Waals surface area contributed by atoms with Crippen molar-refractivity contribution in [1.82, 2.24) is 4.98 Å². The minimum absolute atomic E-state index is 0.0654. The third-order valence-corrected chi connectivity index (χ3v) is 3.70. The Hall–Kier alpha value is -0.970. The van der Waals surface area contributed by atoms with Crippen LogP contribution in [0.5, 0.6) is 0 Å². The molecule has 1 aliphatic heterocycles. The summed E-state index contributed by atoms with van der Waals surface area (Å²) in [5.74, 6) is 0.0654. The molecular formula is C12H15ClN2O2. The van der Waals surface area contributed by atoms with Crippen molar-refractivity contribution < 1.29 is 9.53 Å². The molecule has 1 fully saturated rings. The first kappa shape index (κ1) is 12.5. The summed E-state index contributed by atoms with van der Waals surface area (Å²) < 4.78 is 5.27. The van der Waals surface area contributed by atoms with Crippen LogP contribution >= 0.6 is 11.6 Å². The van der Waals surface area contributed by atoms with Crippen LogP contribution in [-0.4, -0.2) is 30.0 Å². The van der Waals surface area contributed by atoms with Crippen molar-refractivity contribution in [2.45, 2.75) is 19.4 Å². The van der Waals surface area contributed by atoms with Crippen LogP contribution in [0.3, 0.4) is 0 Å². The van der Waals surface area contributed by atoms with E-state index in [1.807, 2.05) is 6.92 Å². The topological polar surface area (TPSA) is 65.2 Å². The fourth-order valence-electron chi connectivity index (χ4n) is 1.90. The zero-order valence-electron chi connectivity index (χ0n) is 9.65. The first-order chi connectivity index (χ1) is 8.04. The van der Waals surface area contributed by atoms with Gasteiger partial charge in [0.2, 0.25) is 0 Å². The molecule has 1 aromatic rings. The van der Waals surface area contributed by atoms with Crippen LogP contribution in [-0.2, 0) is 16.0 Å². The lowest BCUT2D eigenvalue weighted by Gasteiger charge is -2.25. The van der Waals surface area contributed by atoms with E-state index in [1.165, 1.54) is 6.20 Å². The smallest absolute Gasteiger partial charge is 0.147 e. The van der Waals surface area contributed by atoms with Gasteiger partial charge in [0.25, 0.3) is 0 Å². The molecule has 1 aliphatic rings. The monoisotopic (exact) mass is 254 g/mol. The van der Waals surface area contributed by atoms with E-state index in [1.54, 1.807) is 12.3 Å². The van der Waals surface area contributed by atoms with Crippen LogP contribution in [0.1, 0.15) is 12.5 Å². The third kappa shape index (κ3) is 2.34. The zero-order chi connectivity index (χ0) is 12.5. The summed E-state index contributed by atoms with van der Waals surface area (Å²) in [6, 6.07) is 1.51. The molecule has 92 valence electrons. The minimum atomic E-state index is -0.605. The first-order valence-electron chi connectivity index (χ1n) is 5.49. The quantitative estimate of drug-likeness (QED) is 0.881. The maximum Gasteiger partial charge on any atom is 0.147 e. The normalized spacial score (nSPS) is 28.3. The van der Waals surface area contributed by atoms with Crippen molar-refractivity contribution in [2.75, 3.05) is 13.2 Å². The Kier molecular flexibility index (Phi) is 3.47. The summed E-state index contributed by atoms with van der Waals surface area (Å²) in [7, 11) is 0. The Labute approximate surface area is 105 Å².